The van der Waals surface area contributed by atoms with Crippen LogP contribution in [0.5, 0.6) is 11.5 Å². The summed E-state index contributed by atoms with van der Waals surface area (Å²) in [6.07, 6.45) is 3.73. The van der Waals surface area contributed by atoms with E-state index in [-0.39, 0.29) is 18.1 Å². The van der Waals surface area contributed by atoms with E-state index in [2.05, 4.69) is 26.8 Å². The quantitative estimate of drug-likeness (QED) is 0.504. The van der Waals surface area contributed by atoms with Crippen molar-refractivity contribution in [2.75, 3.05) is 32.9 Å². The third kappa shape index (κ3) is 6.26. The summed E-state index contributed by atoms with van der Waals surface area (Å²) in [7, 11) is 0. The van der Waals surface area contributed by atoms with Crippen LogP contribution in [0.3, 0.4) is 0 Å². The first-order valence-electron chi connectivity index (χ1n) is 13.3. The van der Waals surface area contributed by atoms with Crippen LogP contribution in [0.15, 0.2) is 29.8 Å². The van der Waals surface area contributed by atoms with Gasteiger partial charge in [0.05, 0.1) is 25.9 Å². The van der Waals surface area contributed by atoms with Gasteiger partial charge in [-0.15, -0.1) is 0 Å². The molecular formula is C29H41NO8. The fraction of sp³-hybridized carbons (Fsp3) is 0.655. The van der Waals surface area contributed by atoms with Crippen molar-refractivity contribution in [1.82, 2.24) is 4.90 Å². The van der Waals surface area contributed by atoms with Crippen LogP contribution in [-0.2, 0) is 19.0 Å². The normalized spacial score (nSPS) is 28.5. The lowest BCUT2D eigenvalue weighted by molar-refractivity contribution is -0.231. The summed E-state index contributed by atoms with van der Waals surface area (Å²) in [5, 5.41) is 9.15. The Kier molecular flexibility index (Phi) is 8.00. The number of hydrogen-bond donors (Lipinski definition) is 1. The molecule has 0 unspecified atom stereocenters. The summed E-state index contributed by atoms with van der Waals surface area (Å²) in [5.41, 5.74) is 0.171. The Hall–Kier alpha value is -2.78. The average molecular weight is 532 g/mol. The highest BCUT2D eigenvalue weighted by atomic mass is 16.6. The number of allylic oxidation sites excluding steroid dienone is 2. The van der Waals surface area contributed by atoms with Crippen molar-refractivity contribution in [1.29, 1.82) is 0 Å². The van der Waals surface area contributed by atoms with Gasteiger partial charge in [-0.25, -0.2) is 9.59 Å². The standard InChI is InChI=1S/C29H41NO8/c1-19(2)9-8-12-28(6)21-15-29(17-30(13-14-36-29)26(33)38-27(3,4)5)18-35-24(21)20-10-7-11-22(25(20)37-28)34-16-23(31)32/h7,9-11,21,24H,8,12-18H2,1-6H3,(H,31,32)/t21-,24+,28+,29+/m0/s1. The zero-order valence-corrected chi connectivity index (χ0v) is 23.4. The van der Waals surface area contributed by atoms with E-state index in [0.717, 1.165) is 18.4 Å². The SMILES string of the molecule is CC(C)=CCC[C@@]1(C)Oc2c(OCC(=O)O)cccc2[C@H]2OC[C@@]3(C[C@@H]21)CN(C(=O)OC(C)(C)C)CCO3. The Labute approximate surface area is 225 Å². The van der Waals surface area contributed by atoms with Gasteiger partial charge in [-0.3, -0.25) is 0 Å². The molecule has 0 radical (unpaired) electrons. The number of fused-ring (bicyclic) bond motifs is 3. The molecule has 2 fully saturated rings. The van der Waals surface area contributed by atoms with Gasteiger partial charge in [0.15, 0.2) is 18.1 Å². The molecule has 1 aromatic carbocycles. The largest absolute Gasteiger partial charge is 0.483 e. The molecule has 210 valence electrons. The minimum absolute atomic E-state index is 0.0670. The van der Waals surface area contributed by atoms with E-state index >= 15 is 0 Å². The van der Waals surface area contributed by atoms with Gasteiger partial charge in [0.2, 0.25) is 0 Å². The summed E-state index contributed by atoms with van der Waals surface area (Å²) < 4.78 is 30.9. The molecule has 4 rings (SSSR count). The van der Waals surface area contributed by atoms with Crippen LogP contribution in [0.25, 0.3) is 0 Å². The average Bonchev–Trinajstić information content (AvgIpc) is 2.82. The number of carboxylic acid groups (broad SMARTS) is 1. The maximum absolute atomic E-state index is 12.9. The molecule has 1 spiro atoms. The Morgan fingerprint density at radius 1 is 1.26 bits per heavy atom. The zero-order chi connectivity index (χ0) is 27.7. The maximum atomic E-state index is 12.9. The first-order chi connectivity index (χ1) is 17.8. The fourth-order valence-corrected chi connectivity index (χ4v) is 5.62. The lowest BCUT2D eigenvalue weighted by atomic mass is 9.69. The van der Waals surface area contributed by atoms with E-state index in [9.17, 15) is 9.59 Å². The molecule has 3 aliphatic heterocycles. The summed E-state index contributed by atoms with van der Waals surface area (Å²) in [5.74, 6) is -0.193. The second-order valence-corrected chi connectivity index (χ2v) is 12.1. The molecule has 3 heterocycles. The summed E-state index contributed by atoms with van der Waals surface area (Å²) in [6, 6.07) is 5.51. The molecule has 9 heteroatoms. The topological polar surface area (TPSA) is 104 Å². The van der Waals surface area contributed by atoms with E-state index in [1.165, 1.54) is 5.57 Å². The van der Waals surface area contributed by atoms with Gasteiger partial charge in [0.1, 0.15) is 16.8 Å². The van der Waals surface area contributed by atoms with Crippen LogP contribution in [0.1, 0.15) is 72.5 Å². The summed E-state index contributed by atoms with van der Waals surface area (Å²) in [4.78, 5) is 25.8. The van der Waals surface area contributed by atoms with Crippen LogP contribution < -0.4 is 9.47 Å². The fourth-order valence-electron chi connectivity index (χ4n) is 5.62. The Bertz CT molecular complexity index is 1070. The van der Waals surface area contributed by atoms with E-state index in [1.807, 2.05) is 32.9 Å². The minimum atomic E-state index is -1.05. The molecule has 2 saturated heterocycles. The monoisotopic (exact) mass is 531 g/mol. The van der Waals surface area contributed by atoms with Gasteiger partial charge in [0.25, 0.3) is 0 Å². The van der Waals surface area contributed by atoms with Crippen molar-refractivity contribution in [2.24, 2.45) is 5.92 Å². The lowest BCUT2D eigenvalue weighted by Gasteiger charge is -2.55. The van der Waals surface area contributed by atoms with Crippen LogP contribution in [0.4, 0.5) is 4.79 Å². The Balaban J connectivity index is 1.64. The maximum Gasteiger partial charge on any atom is 0.410 e. The van der Waals surface area contributed by atoms with Gasteiger partial charge >= 0.3 is 12.1 Å². The van der Waals surface area contributed by atoms with Crippen molar-refractivity contribution in [3.63, 3.8) is 0 Å². The van der Waals surface area contributed by atoms with Crippen molar-refractivity contribution < 1.29 is 38.4 Å². The number of carbonyl (C=O) groups excluding carboxylic acids is 1. The molecule has 1 amide bonds. The van der Waals surface area contributed by atoms with Crippen molar-refractivity contribution in [3.05, 3.63) is 35.4 Å². The van der Waals surface area contributed by atoms with E-state index in [0.29, 0.717) is 44.2 Å². The number of carboxylic acids is 1. The molecule has 4 atom stereocenters. The van der Waals surface area contributed by atoms with Crippen molar-refractivity contribution in [3.8, 4) is 11.5 Å². The number of aliphatic carboxylic acids is 1. The molecule has 0 bridgehead atoms. The van der Waals surface area contributed by atoms with E-state index in [1.54, 1.807) is 11.0 Å². The predicted octanol–water partition coefficient (Wildman–Crippen LogP) is 5.13. The number of carbonyl (C=O) groups is 2. The first-order valence-corrected chi connectivity index (χ1v) is 13.3. The first kappa shape index (κ1) is 28.2. The minimum Gasteiger partial charge on any atom is -0.483 e. The predicted molar refractivity (Wildman–Crippen MR) is 141 cm³/mol. The van der Waals surface area contributed by atoms with Crippen LogP contribution in [0, 0.1) is 5.92 Å². The molecule has 1 N–H and O–H groups in total. The molecule has 0 aromatic heterocycles. The van der Waals surface area contributed by atoms with Gasteiger partial charge in [0, 0.05) is 18.0 Å². The molecule has 0 aliphatic carbocycles. The highest BCUT2D eigenvalue weighted by Gasteiger charge is 2.56. The van der Waals surface area contributed by atoms with Crippen LogP contribution >= 0.6 is 0 Å². The second kappa shape index (κ2) is 10.8. The van der Waals surface area contributed by atoms with Crippen LogP contribution in [0.2, 0.25) is 0 Å². The number of amides is 1. The van der Waals surface area contributed by atoms with E-state index < -0.39 is 29.4 Å². The third-order valence-corrected chi connectivity index (χ3v) is 7.36. The zero-order valence-electron chi connectivity index (χ0n) is 23.4. The number of para-hydroxylation sites is 1. The van der Waals surface area contributed by atoms with E-state index in [4.69, 9.17) is 28.8 Å². The smallest absolute Gasteiger partial charge is 0.410 e. The molecule has 38 heavy (non-hydrogen) atoms. The number of ether oxygens (including phenoxy) is 5. The van der Waals surface area contributed by atoms with Crippen molar-refractivity contribution >= 4 is 12.1 Å². The molecule has 3 aliphatic rings. The molecule has 1 aromatic rings. The highest BCUT2D eigenvalue weighted by Crippen LogP contribution is 2.55. The lowest BCUT2D eigenvalue weighted by Crippen LogP contribution is -2.63. The Morgan fingerprint density at radius 2 is 2.03 bits per heavy atom. The highest BCUT2D eigenvalue weighted by molar-refractivity contribution is 5.69. The third-order valence-electron chi connectivity index (χ3n) is 7.36. The van der Waals surface area contributed by atoms with Gasteiger partial charge in [-0.05, 0) is 66.9 Å². The number of morpholine rings is 1. The summed E-state index contributed by atoms with van der Waals surface area (Å²) >= 11 is 0. The van der Waals surface area contributed by atoms with Gasteiger partial charge in [-0.1, -0.05) is 23.8 Å². The number of hydrogen-bond acceptors (Lipinski definition) is 7. The second-order valence-electron chi connectivity index (χ2n) is 12.1. The Morgan fingerprint density at radius 3 is 2.71 bits per heavy atom. The molecular weight excluding hydrogens is 490 g/mol. The summed E-state index contributed by atoms with van der Waals surface area (Å²) in [6.45, 7) is 12.9. The number of benzene rings is 1. The van der Waals surface area contributed by atoms with Gasteiger partial charge in [-0.2, -0.15) is 0 Å². The molecule has 9 nitrogen and oxygen atoms in total. The number of nitrogens with zero attached hydrogens (tertiary/aromatic N) is 1. The van der Waals surface area contributed by atoms with Gasteiger partial charge < -0.3 is 33.7 Å². The van der Waals surface area contributed by atoms with Crippen molar-refractivity contribution in [2.45, 2.75) is 83.7 Å². The van der Waals surface area contributed by atoms with Crippen LogP contribution in [-0.4, -0.2) is 71.8 Å². The number of rotatable bonds is 6. The molecule has 0 saturated carbocycles.